The molecule has 10 heteroatoms. The van der Waals surface area contributed by atoms with Crippen molar-refractivity contribution in [1.29, 1.82) is 0 Å². The zero-order valence-corrected chi connectivity index (χ0v) is 19.2. The summed E-state index contributed by atoms with van der Waals surface area (Å²) >= 11 is 1.49. The zero-order valence-electron chi connectivity index (χ0n) is 18.4. The number of fused-ring (bicyclic) bond motifs is 1. The van der Waals surface area contributed by atoms with Crippen LogP contribution in [0.1, 0.15) is 23.1 Å². The average molecular weight is 487 g/mol. The third-order valence-electron chi connectivity index (χ3n) is 6.38. The maximum Gasteiger partial charge on any atom is 0.306 e. The first-order chi connectivity index (χ1) is 16.3. The van der Waals surface area contributed by atoms with Crippen molar-refractivity contribution in [3.63, 3.8) is 0 Å². The van der Waals surface area contributed by atoms with E-state index in [1.54, 1.807) is 10.7 Å². The Balaban J connectivity index is 1.46. The lowest BCUT2D eigenvalue weighted by atomic mass is 9.85. The number of benzene rings is 2. The maximum atomic E-state index is 14.9. The number of thiazole rings is 1. The second-order valence-corrected chi connectivity index (χ2v) is 9.58. The van der Waals surface area contributed by atoms with E-state index >= 15 is 0 Å². The number of hydrogen-bond donors (Lipinski definition) is 2. The van der Waals surface area contributed by atoms with Crippen LogP contribution in [0.2, 0.25) is 0 Å². The molecule has 5 rings (SSSR count). The van der Waals surface area contributed by atoms with E-state index in [9.17, 15) is 18.3 Å². The van der Waals surface area contributed by atoms with Crippen molar-refractivity contribution < 1.29 is 23.0 Å². The molecule has 0 bridgehead atoms. The number of aromatic nitrogens is 4. The molecule has 6 nitrogen and oxygen atoms in total. The summed E-state index contributed by atoms with van der Waals surface area (Å²) in [5.41, 5.74) is 0.00786. The molecule has 0 aliphatic carbocycles. The Morgan fingerprint density at radius 1 is 1.21 bits per heavy atom. The molecule has 0 saturated heterocycles. The van der Waals surface area contributed by atoms with Crippen molar-refractivity contribution in [2.24, 2.45) is 0 Å². The van der Waals surface area contributed by atoms with E-state index in [2.05, 4.69) is 15.0 Å². The Morgan fingerprint density at radius 2 is 2.03 bits per heavy atom. The van der Waals surface area contributed by atoms with Gasteiger partial charge in [0.25, 0.3) is 0 Å². The van der Waals surface area contributed by atoms with Gasteiger partial charge in [-0.2, -0.15) is 9.78 Å². The predicted octanol–water partition coefficient (Wildman–Crippen LogP) is 3.57. The predicted molar refractivity (Wildman–Crippen MR) is 120 cm³/mol. The minimum Gasteiger partial charge on any atom is -0.379 e. The SMILES string of the molecule is C[C@@H](N1CCc2nc(-c3cccc(F)c3)sc2C1)[C@](O)(C[n+]1cnc[nH]1)c1ccc(F)cc1F. The van der Waals surface area contributed by atoms with Crippen LogP contribution in [0.15, 0.2) is 55.1 Å². The minimum absolute atomic E-state index is 0.00267. The summed E-state index contributed by atoms with van der Waals surface area (Å²) in [6, 6.07) is 9.04. The van der Waals surface area contributed by atoms with Crippen LogP contribution >= 0.6 is 11.3 Å². The van der Waals surface area contributed by atoms with Gasteiger partial charge in [-0.3, -0.25) is 4.90 Å². The molecule has 1 aliphatic rings. The number of nitrogens with one attached hydrogen (secondary N) is 1. The lowest BCUT2D eigenvalue weighted by Gasteiger charge is -2.41. The van der Waals surface area contributed by atoms with Gasteiger partial charge in [0.15, 0.2) is 0 Å². The van der Waals surface area contributed by atoms with Crippen molar-refractivity contribution in [1.82, 2.24) is 20.0 Å². The van der Waals surface area contributed by atoms with Crippen LogP contribution in [-0.4, -0.2) is 37.7 Å². The summed E-state index contributed by atoms with van der Waals surface area (Å²) in [6.45, 7) is 2.93. The Hall–Kier alpha value is -3.08. The first-order valence-electron chi connectivity index (χ1n) is 10.9. The maximum absolute atomic E-state index is 14.9. The van der Waals surface area contributed by atoms with Crippen molar-refractivity contribution in [3.8, 4) is 10.6 Å². The second kappa shape index (κ2) is 8.94. The number of hydrogen-bond acceptors (Lipinski definition) is 5. The van der Waals surface area contributed by atoms with Crippen LogP contribution in [0.4, 0.5) is 13.2 Å². The Labute approximate surface area is 198 Å². The standard InChI is InChI=1S/C24H22F3N5OS/c1-15(24(33,12-32-14-28-13-29-32)19-6-5-18(26)10-20(19)27)31-8-7-21-22(11-31)34-23(30-21)16-3-2-4-17(25)9-16/h2-6,9-10,13-15,33H,7-8,11-12H2,1H3/p+1/t15-,24-/m1/s1. The molecule has 34 heavy (non-hydrogen) atoms. The van der Waals surface area contributed by atoms with Gasteiger partial charge in [0, 0.05) is 47.6 Å². The van der Waals surface area contributed by atoms with Crippen molar-refractivity contribution >= 4 is 11.3 Å². The van der Waals surface area contributed by atoms with Crippen LogP contribution < -0.4 is 4.68 Å². The number of aromatic amines is 1. The fourth-order valence-electron chi connectivity index (χ4n) is 4.48. The summed E-state index contributed by atoms with van der Waals surface area (Å²) in [6.07, 6.45) is 3.61. The van der Waals surface area contributed by atoms with Crippen LogP contribution in [0.3, 0.4) is 0 Å². The fourth-order valence-corrected chi connectivity index (χ4v) is 5.61. The molecule has 0 spiro atoms. The largest absolute Gasteiger partial charge is 0.379 e. The van der Waals surface area contributed by atoms with Crippen LogP contribution in [0.25, 0.3) is 10.6 Å². The number of H-pyrrole nitrogens is 1. The third-order valence-corrected chi connectivity index (χ3v) is 7.52. The quantitative estimate of drug-likeness (QED) is 0.409. The molecule has 0 fully saturated rings. The Kier molecular flexibility index (Phi) is 5.97. The molecule has 0 radical (unpaired) electrons. The smallest absolute Gasteiger partial charge is 0.306 e. The van der Waals surface area contributed by atoms with Gasteiger partial charge in [0.2, 0.25) is 6.33 Å². The summed E-state index contributed by atoms with van der Waals surface area (Å²) in [4.78, 5) is 11.8. The highest BCUT2D eigenvalue weighted by atomic mass is 32.1. The van der Waals surface area contributed by atoms with E-state index in [4.69, 9.17) is 4.98 Å². The number of aliphatic hydroxyl groups is 1. The van der Waals surface area contributed by atoms with Gasteiger partial charge < -0.3 is 5.11 Å². The molecule has 2 aromatic heterocycles. The Morgan fingerprint density at radius 3 is 2.76 bits per heavy atom. The number of nitrogens with zero attached hydrogens (tertiary/aromatic N) is 4. The van der Waals surface area contributed by atoms with Crippen molar-refractivity contribution in [3.05, 3.63) is 88.7 Å². The topological polar surface area (TPSA) is 68.9 Å². The summed E-state index contributed by atoms with van der Waals surface area (Å²) in [5, 5.41) is 15.5. The van der Waals surface area contributed by atoms with Crippen molar-refractivity contribution in [2.75, 3.05) is 6.54 Å². The zero-order chi connectivity index (χ0) is 23.9. The average Bonchev–Trinajstić information content (AvgIpc) is 3.47. The number of halogens is 3. The van der Waals surface area contributed by atoms with E-state index in [0.29, 0.717) is 19.5 Å². The van der Waals surface area contributed by atoms with Crippen LogP contribution in [-0.2, 0) is 25.1 Å². The highest BCUT2D eigenvalue weighted by Crippen LogP contribution is 2.37. The molecule has 3 heterocycles. The summed E-state index contributed by atoms with van der Waals surface area (Å²) < 4.78 is 43.7. The van der Waals surface area contributed by atoms with Gasteiger partial charge in [-0.1, -0.05) is 18.2 Å². The first kappa shape index (κ1) is 22.7. The molecular weight excluding hydrogens is 463 g/mol. The van der Waals surface area contributed by atoms with Gasteiger partial charge in [-0.25, -0.2) is 18.2 Å². The summed E-state index contributed by atoms with van der Waals surface area (Å²) in [5.74, 6) is -1.83. The van der Waals surface area contributed by atoms with Crippen LogP contribution in [0.5, 0.6) is 0 Å². The van der Waals surface area contributed by atoms with E-state index in [1.807, 2.05) is 13.0 Å². The lowest BCUT2D eigenvalue weighted by molar-refractivity contribution is -0.765. The lowest BCUT2D eigenvalue weighted by Crippen LogP contribution is -2.58. The molecule has 2 atom stereocenters. The molecular formula is C24H23F3N5OS+. The van der Waals surface area contributed by atoms with E-state index in [-0.39, 0.29) is 17.9 Å². The molecule has 1 aliphatic heterocycles. The Bertz CT molecular complexity index is 1310. The molecule has 2 aromatic carbocycles. The van der Waals surface area contributed by atoms with Gasteiger partial charge in [-0.15, -0.1) is 11.3 Å². The van der Waals surface area contributed by atoms with Gasteiger partial charge >= 0.3 is 6.33 Å². The van der Waals surface area contributed by atoms with Gasteiger partial charge in [0.1, 0.15) is 34.6 Å². The van der Waals surface area contributed by atoms with E-state index < -0.39 is 23.3 Å². The molecule has 0 unspecified atom stereocenters. The molecule has 4 aromatic rings. The van der Waals surface area contributed by atoms with E-state index in [0.717, 1.165) is 33.3 Å². The molecule has 0 saturated carbocycles. The highest BCUT2D eigenvalue weighted by molar-refractivity contribution is 7.15. The molecule has 176 valence electrons. The van der Waals surface area contributed by atoms with Crippen LogP contribution in [0, 0.1) is 17.5 Å². The molecule has 0 amide bonds. The highest BCUT2D eigenvalue weighted by Gasteiger charge is 2.44. The minimum atomic E-state index is -1.68. The first-order valence-corrected chi connectivity index (χ1v) is 11.7. The van der Waals surface area contributed by atoms with Gasteiger partial charge in [-0.05, 0) is 30.1 Å². The second-order valence-electron chi connectivity index (χ2n) is 8.49. The third kappa shape index (κ3) is 4.24. The monoisotopic (exact) mass is 486 g/mol. The van der Waals surface area contributed by atoms with E-state index in [1.165, 1.54) is 42.2 Å². The van der Waals surface area contributed by atoms with Crippen molar-refractivity contribution in [2.45, 2.75) is 38.1 Å². The summed E-state index contributed by atoms with van der Waals surface area (Å²) in [7, 11) is 0. The number of rotatable bonds is 6. The molecule has 2 N–H and O–H groups in total. The normalized spacial score (nSPS) is 16.7. The van der Waals surface area contributed by atoms with Gasteiger partial charge in [0.05, 0.1) is 5.69 Å². The fraction of sp³-hybridized carbons (Fsp3) is 0.292.